The molecule has 0 saturated heterocycles. The van der Waals surface area contributed by atoms with Crippen LogP contribution in [0.15, 0.2) is 46.0 Å². The van der Waals surface area contributed by atoms with Crippen LogP contribution in [0, 0.1) is 0 Å². The molecule has 5 heteroatoms. The van der Waals surface area contributed by atoms with Crippen LogP contribution in [-0.4, -0.2) is 22.1 Å². The third kappa shape index (κ3) is 5.16. The monoisotopic (exact) mass is 367 g/mol. The Bertz CT molecular complexity index is 556. The number of aryl methyl sites for hydroxylation is 1. The number of hydrogen-bond acceptors (Lipinski definition) is 3. The van der Waals surface area contributed by atoms with E-state index in [1.807, 2.05) is 22.6 Å². The minimum absolute atomic E-state index is 0.342. The first-order chi connectivity index (χ1) is 10.2. The van der Waals surface area contributed by atoms with Gasteiger partial charge in [-0.3, -0.25) is 4.68 Å². The average Bonchev–Trinajstić information content (AvgIpc) is 2.96. The predicted molar refractivity (Wildman–Crippen MR) is 93.8 cm³/mol. The van der Waals surface area contributed by atoms with Gasteiger partial charge in [-0.15, -0.1) is 11.8 Å². The standard InChI is InChI=1S/C16H22BrN3S/c1-3-8-18-16(13-10-19-20(4-2)11-13)12-21-15-7-5-6-14(17)9-15/h5-7,9-11,16,18H,3-4,8,12H2,1-2H3. The summed E-state index contributed by atoms with van der Waals surface area (Å²) in [6.07, 6.45) is 5.27. The number of nitrogens with zero attached hydrogens (tertiary/aromatic N) is 2. The second-order valence-electron chi connectivity index (χ2n) is 4.90. The SMILES string of the molecule is CCCNC(CSc1cccc(Br)c1)c1cnn(CC)c1. The lowest BCUT2D eigenvalue weighted by Crippen LogP contribution is -2.23. The highest BCUT2D eigenvalue weighted by Gasteiger charge is 2.13. The van der Waals surface area contributed by atoms with E-state index in [4.69, 9.17) is 0 Å². The van der Waals surface area contributed by atoms with Crippen molar-refractivity contribution in [1.29, 1.82) is 0 Å². The molecule has 0 saturated carbocycles. The summed E-state index contributed by atoms with van der Waals surface area (Å²) in [6.45, 7) is 6.25. The molecule has 1 aromatic heterocycles. The van der Waals surface area contributed by atoms with Crippen LogP contribution in [0.3, 0.4) is 0 Å². The molecule has 1 atom stereocenters. The highest BCUT2D eigenvalue weighted by molar-refractivity contribution is 9.10. The van der Waals surface area contributed by atoms with Crippen LogP contribution in [0.25, 0.3) is 0 Å². The maximum Gasteiger partial charge on any atom is 0.0537 e. The van der Waals surface area contributed by atoms with Crippen LogP contribution in [0.1, 0.15) is 31.9 Å². The molecule has 0 aliphatic carbocycles. The first kappa shape index (κ1) is 16.6. The molecule has 0 aliphatic heterocycles. The Morgan fingerprint density at radius 1 is 1.38 bits per heavy atom. The van der Waals surface area contributed by atoms with E-state index in [9.17, 15) is 0 Å². The molecule has 0 spiro atoms. The maximum absolute atomic E-state index is 4.39. The van der Waals surface area contributed by atoms with Crippen molar-refractivity contribution in [1.82, 2.24) is 15.1 Å². The molecule has 114 valence electrons. The molecule has 1 N–H and O–H groups in total. The van der Waals surface area contributed by atoms with Crippen LogP contribution in [0.4, 0.5) is 0 Å². The van der Waals surface area contributed by atoms with Gasteiger partial charge in [0.1, 0.15) is 0 Å². The Morgan fingerprint density at radius 3 is 2.90 bits per heavy atom. The molecule has 3 nitrogen and oxygen atoms in total. The van der Waals surface area contributed by atoms with Crippen LogP contribution in [0.5, 0.6) is 0 Å². The molecule has 2 aromatic rings. The molecule has 0 radical (unpaired) electrons. The third-order valence-electron chi connectivity index (χ3n) is 3.23. The van der Waals surface area contributed by atoms with Gasteiger partial charge in [-0.1, -0.05) is 28.9 Å². The van der Waals surface area contributed by atoms with Crippen molar-refractivity contribution in [3.8, 4) is 0 Å². The molecule has 1 aromatic carbocycles. The predicted octanol–water partition coefficient (Wildman–Crippen LogP) is 4.50. The Morgan fingerprint density at radius 2 is 2.24 bits per heavy atom. The zero-order valence-corrected chi connectivity index (χ0v) is 15.0. The molecule has 2 rings (SSSR count). The number of halogens is 1. The summed E-state index contributed by atoms with van der Waals surface area (Å²) in [5.41, 5.74) is 1.27. The topological polar surface area (TPSA) is 29.9 Å². The van der Waals surface area contributed by atoms with Gasteiger partial charge >= 0.3 is 0 Å². The van der Waals surface area contributed by atoms with E-state index in [0.29, 0.717) is 6.04 Å². The van der Waals surface area contributed by atoms with E-state index in [1.165, 1.54) is 10.5 Å². The van der Waals surface area contributed by atoms with Gasteiger partial charge in [0.05, 0.1) is 6.20 Å². The molecule has 0 fully saturated rings. The number of hydrogen-bond donors (Lipinski definition) is 1. The highest BCUT2D eigenvalue weighted by atomic mass is 79.9. The van der Waals surface area contributed by atoms with E-state index in [1.54, 1.807) is 0 Å². The third-order valence-corrected chi connectivity index (χ3v) is 4.81. The summed E-state index contributed by atoms with van der Waals surface area (Å²) in [5, 5.41) is 8.01. The fourth-order valence-corrected chi connectivity index (χ4v) is 3.67. The number of benzene rings is 1. The summed E-state index contributed by atoms with van der Waals surface area (Å²) in [7, 11) is 0. The molecule has 1 heterocycles. The summed E-state index contributed by atoms with van der Waals surface area (Å²) in [5.74, 6) is 1.01. The molecule has 0 bridgehead atoms. The molecule has 0 amide bonds. The lowest BCUT2D eigenvalue weighted by molar-refractivity contribution is 0.575. The number of nitrogens with one attached hydrogen (secondary N) is 1. The van der Waals surface area contributed by atoms with Crippen LogP contribution >= 0.6 is 27.7 Å². The number of aromatic nitrogens is 2. The van der Waals surface area contributed by atoms with Gasteiger partial charge in [0.25, 0.3) is 0 Å². The second-order valence-corrected chi connectivity index (χ2v) is 6.91. The largest absolute Gasteiger partial charge is 0.309 e. The van der Waals surface area contributed by atoms with Gasteiger partial charge in [-0.25, -0.2) is 0 Å². The Kier molecular flexibility index (Phi) is 6.80. The minimum Gasteiger partial charge on any atom is -0.309 e. The van der Waals surface area contributed by atoms with Gasteiger partial charge in [-0.05, 0) is 38.1 Å². The fourth-order valence-electron chi connectivity index (χ4n) is 2.06. The van der Waals surface area contributed by atoms with Gasteiger partial charge in [0, 0.05) is 39.5 Å². The zero-order chi connectivity index (χ0) is 15.1. The smallest absolute Gasteiger partial charge is 0.0537 e. The van der Waals surface area contributed by atoms with Gasteiger partial charge < -0.3 is 5.32 Å². The van der Waals surface area contributed by atoms with Crippen molar-refractivity contribution < 1.29 is 0 Å². The fraction of sp³-hybridized carbons (Fsp3) is 0.438. The van der Waals surface area contributed by atoms with Crippen molar-refractivity contribution in [3.05, 3.63) is 46.7 Å². The summed E-state index contributed by atoms with van der Waals surface area (Å²) >= 11 is 5.40. The summed E-state index contributed by atoms with van der Waals surface area (Å²) in [4.78, 5) is 1.29. The average molecular weight is 368 g/mol. The van der Waals surface area contributed by atoms with Gasteiger partial charge in [-0.2, -0.15) is 5.10 Å². The summed E-state index contributed by atoms with van der Waals surface area (Å²) in [6, 6.07) is 8.80. The Hall–Kier alpha value is -0.780. The summed E-state index contributed by atoms with van der Waals surface area (Å²) < 4.78 is 3.11. The van der Waals surface area contributed by atoms with Crippen molar-refractivity contribution >= 4 is 27.7 Å². The van der Waals surface area contributed by atoms with E-state index >= 15 is 0 Å². The molecule has 21 heavy (non-hydrogen) atoms. The van der Waals surface area contributed by atoms with Crippen molar-refractivity contribution in [3.63, 3.8) is 0 Å². The van der Waals surface area contributed by atoms with Gasteiger partial charge in [0.15, 0.2) is 0 Å². The van der Waals surface area contributed by atoms with Crippen molar-refractivity contribution in [2.24, 2.45) is 0 Å². The van der Waals surface area contributed by atoms with Crippen LogP contribution in [0.2, 0.25) is 0 Å². The number of thioether (sulfide) groups is 1. The molecule has 0 aliphatic rings. The van der Waals surface area contributed by atoms with Crippen LogP contribution < -0.4 is 5.32 Å². The normalized spacial score (nSPS) is 12.5. The maximum atomic E-state index is 4.39. The molecule has 1 unspecified atom stereocenters. The van der Waals surface area contributed by atoms with E-state index in [0.717, 1.165) is 29.7 Å². The quantitative estimate of drug-likeness (QED) is 0.696. The lowest BCUT2D eigenvalue weighted by atomic mass is 10.2. The Labute approximate surface area is 139 Å². The van der Waals surface area contributed by atoms with Crippen molar-refractivity contribution in [2.75, 3.05) is 12.3 Å². The zero-order valence-electron chi connectivity index (χ0n) is 12.6. The minimum atomic E-state index is 0.342. The lowest BCUT2D eigenvalue weighted by Gasteiger charge is -2.16. The van der Waals surface area contributed by atoms with E-state index < -0.39 is 0 Å². The first-order valence-electron chi connectivity index (χ1n) is 7.37. The highest BCUT2D eigenvalue weighted by Crippen LogP contribution is 2.26. The molecular formula is C16H22BrN3S. The van der Waals surface area contributed by atoms with E-state index in [-0.39, 0.29) is 0 Å². The van der Waals surface area contributed by atoms with Gasteiger partial charge in [0.2, 0.25) is 0 Å². The second kappa shape index (κ2) is 8.61. The first-order valence-corrected chi connectivity index (χ1v) is 9.15. The molecular weight excluding hydrogens is 346 g/mol. The van der Waals surface area contributed by atoms with E-state index in [2.05, 4.69) is 70.7 Å². The van der Waals surface area contributed by atoms with Crippen molar-refractivity contribution in [2.45, 2.75) is 37.8 Å². The number of rotatable bonds is 8. The Balaban J connectivity index is 2.02. The van der Waals surface area contributed by atoms with Crippen LogP contribution in [-0.2, 0) is 6.54 Å².